The van der Waals surface area contributed by atoms with E-state index in [0.717, 1.165) is 12.0 Å². The first-order chi connectivity index (χ1) is 10.1. The van der Waals surface area contributed by atoms with E-state index in [9.17, 15) is 15.2 Å². The van der Waals surface area contributed by atoms with Crippen LogP contribution in [-0.2, 0) is 12.8 Å². The summed E-state index contributed by atoms with van der Waals surface area (Å²) in [7, 11) is 0. The zero-order valence-corrected chi connectivity index (χ0v) is 12.0. The van der Waals surface area contributed by atoms with Gasteiger partial charge in [-0.25, -0.2) is 0 Å². The smallest absolute Gasteiger partial charge is 0.269 e. The van der Waals surface area contributed by atoms with Crippen LogP contribution in [0.5, 0.6) is 0 Å². The molecule has 2 rings (SSSR count). The molecule has 0 aromatic heterocycles. The quantitative estimate of drug-likeness (QED) is 0.653. The molecule has 0 aliphatic carbocycles. The molecule has 0 heterocycles. The van der Waals surface area contributed by atoms with Gasteiger partial charge in [-0.2, -0.15) is 0 Å². The molecular weight excluding hydrogens is 266 g/mol. The lowest BCUT2D eigenvalue weighted by Crippen LogP contribution is -2.12. The van der Waals surface area contributed by atoms with Gasteiger partial charge in [-0.15, -0.1) is 0 Å². The van der Waals surface area contributed by atoms with Crippen molar-refractivity contribution in [2.45, 2.75) is 32.3 Å². The Bertz CT molecular complexity index is 608. The van der Waals surface area contributed by atoms with E-state index in [-0.39, 0.29) is 5.69 Å². The van der Waals surface area contributed by atoms with E-state index < -0.39 is 11.0 Å². The summed E-state index contributed by atoms with van der Waals surface area (Å²) >= 11 is 0. The predicted molar refractivity (Wildman–Crippen MR) is 82.3 cm³/mol. The van der Waals surface area contributed by atoms with Crippen molar-refractivity contribution in [3.8, 4) is 0 Å². The van der Waals surface area contributed by atoms with Gasteiger partial charge >= 0.3 is 0 Å². The van der Waals surface area contributed by atoms with E-state index in [1.165, 1.54) is 23.3 Å². The Balaban J connectivity index is 1.88. The molecule has 2 aromatic carbocycles. The van der Waals surface area contributed by atoms with Crippen molar-refractivity contribution in [3.63, 3.8) is 0 Å². The van der Waals surface area contributed by atoms with Crippen molar-refractivity contribution < 1.29 is 10.0 Å². The number of nitro groups is 1. The Morgan fingerprint density at radius 1 is 1.14 bits per heavy atom. The van der Waals surface area contributed by atoms with Gasteiger partial charge in [0.1, 0.15) is 0 Å². The van der Waals surface area contributed by atoms with Crippen molar-refractivity contribution in [1.29, 1.82) is 0 Å². The van der Waals surface area contributed by atoms with Crippen molar-refractivity contribution in [2.24, 2.45) is 0 Å². The fourth-order valence-electron chi connectivity index (χ4n) is 2.34. The summed E-state index contributed by atoms with van der Waals surface area (Å²) in [5.74, 6) is 0. The van der Waals surface area contributed by atoms with Crippen LogP contribution in [-0.4, -0.2) is 16.1 Å². The van der Waals surface area contributed by atoms with Crippen LogP contribution >= 0.6 is 0 Å². The van der Waals surface area contributed by atoms with Crippen LogP contribution < -0.4 is 0 Å². The number of benzene rings is 2. The minimum Gasteiger partial charge on any atom is -0.393 e. The highest BCUT2D eigenvalue weighted by atomic mass is 16.6. The van der Waals surface area contributed by atoms with Crippen molar-refractivity contribution in [3.05, 3.63) is 75.3 Å². The fraction of sp³-hybridized carbons (Fsp3) is 0.294. The second kappa shape index (κ2) is 6.99. The number of hydrogen-bond acceptors (Lipinski definition) is 3. The van der Waals surface area contributed by atoms with Gasteiger partial charge in [0.25, 0.3) is 5.69 Å². The molecule has 0 saturated carbocycles. The van der Waals surface area contributed by atoms with Gasteiger partial charge in [-0.3, -0.25) is 10.1 Å². The molecule has 0 fully saturated rings. The summed E-state index contributed by atoms with van der Waals surface area (Å²) in [5.41, 5.74) is 3.48. The van der Waals surface area contributed by atoms with Crippen LogP contribution in [0, 0.1) is 17.0 Å². The monoisotopic (exact) mass is 285 g/mol. The van der Waals surface area contributed by atoms with Crippen molar-refractivity contribution in [2.75, 3.05) is 0 Å². The maximum Gasteiger partial charge on any atom is 0.269 e. The largest absolute Gasteiger partial charge is 0.393 e. The molecular formula is C17H19NO3. The Labute approximate surface area is 124 Å². The molecule has 0 amide bonds. The van der Waals surface area contributed by atoms with Crippen molar-refractivity contribution >= 4 is 5.69 Å². The maximum atomic E-state index is 10.6. The highest BCUT2D eigenvalue weighted by molar-refractivity contribution is 5.33. The molecule has 0 aliphatic rings. The summed E-state index contributed by atoms with van der Waals surface area (Å²) in [5, 5.41) is 20.7. The standard InChI is InChI=1S/C17H19NO3/c1-13-4-2-3-5-15(13)8-11-17(19)12-14-6-9-16(10-7-14)18(20)21/h2-7,9-10,17,19H,8,11-12H2,1H3. The molecule has 0 radical (unpaired) electrons. The highest BCUT2D eigenvalue weighted by Gasteiger charge is 2.09. The molecule has 1 unspecified atom stereocenters. The molecule has 0 aliphatic heterocycles. The Kier molecular flexibility index (Phi) is 5.06. The first-order valence-corrected chi connectivity index (χ1v) is 7.02. The number of hydrogen-bond donors (Lipinski definition) is 1. The van der Waals surface area contributed by atoms with Crippen LogP contribution in [0.1, 0.15) is 23.1 Å². The van der Waals surface area contributed by atoms with E-state index in [2.05, 4.69) is 19.1 Å². The molecule has 0 spiro atoms. The summed E-state index contributed by atoms with van der Waals surface area (Å²) in [6, 6.07) is 14.5. The van der Waals surface area contributed by atoms with Crippen LogP contribution in [0.2, 0.25) is 0 Å². The van der Waals surface area contributed by atoms with E-state index in [0.29, 0.717) is 12.8 Å². The van der Waals surface area contributed by atoms with Gasteiger partial charge in [-0.1, -0.05) is 36.4 Å². The van der Waals surface area contributed by atoms with Gasteiger partial charge in [0.2, 0.25) is 0 Å². The normalized spacial score (nSPS) is 12.1. The lowest BCUT2D eigenvalue weighted by molar-refractivity contribution is -0.384. The lowest BCUT2D eigenvalue weighted by atomic mass is 9.99. The molecule has 4 heteroatoms. The number of aliphatic hydroxyl groups is 1. The zero-order valence-electron chi connectivity index (χ0n) is 12.0. The average Bonchev–Trinajstić information content (AvgIpc) is 2.47. The molecule has 1 N–H and O–H groups in total. The Morgan fingerprint density at radius 2 is 1.81 bits per heavy atom. The van der Waals surface area contributed by atoms with Gasteiger partial charge < -0.3 is 5.11 Å². The first-order valence-electron chi connectivity index (χ1n) is 7.02. The third-order valence-electron chi connectivity index (χ3n) is 3.63. The van der Waals surface area contributed by atoms with Gasteiger partial charge in [0.15, 0.2) is 0 Å². The molecule has 1 atom stereocenters. The minimum absolute atomic E-state index is 0.0770. The molecule has 21 heavy (non-hydrogen) atoms. The van der Waals surface area contributed by atoms with Crippen LogP contribution in [0.3, 0.4) is 0 Å². The van der Waals surface area contributed by atoms with Crippen LogP contribution in [0.4, 0.5) is 5.69 Å². The number of nitro benzene ring substituents is 1. The SMILES string of the molecule is Cc1ccccc1CCC(O)Cc1ccc([N+](=O)[O-])cc1. The van der Waals surface area contributed by atoms with Gasteiger partial charge in [0, 0.05) is 12.1 Å². The molecule has 0 saturated heterocycles. The number of rotatable bonds is 6. The van der Waals surface area contributed by atoms with E-state index >= 15 is 0 Å². The zero-order chi connectivity index (χ0) is 15.2. The fourth-order valence-corrected chi connectivity index (χ4v) is 2.34. The second-order valence-corrected chi connectivity index (χ2v) is 5.25. The number of aliphatic hydroxyl groups excluding tert-OH is 1. The van der Waals surface area contributed by atoms with Crippen LogP contribution in [0.25, 0.3) is 0 Å². The molecule has 110 valence electrons. The van der Waals surface area contributed by atoms with E-state index in [1.807, 2.05) is 12.1 Å². The van der Waals surface area contributed by atoms with Gasteiger partial charge in [-0.05, 0) is 42.9 Å². The third-order valence-corrected chi connectivity index (χ3v) is 3.63. The number of nitrogens with zero attached hydrogens (tertiary/aromatic N) is 1. The Hall–Kier alpha value is -2.20. The summed E-state index contributed by atoms with van der Waals surface area (Å²) in [4.78, 5) is 10.2. The maximum absolute atomic E-state index is 10.6. The lowest BCUT2D eigenvalue weighted by Gasteiger charge is -2.11. The number of non-ortho nitro benzene ring substituents is 1. The second-order valence-electron chi connectivity index (χ2n) is 5.25. The summed E-state index contributed by atoms with van der Waals surface area (Å²) in [6.45, 7) is 2.07. The highest BCUT2D eigenvalue weighted by Crippen LogP contribution is 2.16. The van der Waals surface area contributed by atoms with Gasteiger partial charge in [0.05, 0.1) is 11.0 Å². The summed E-state index contributed by atoms with van der Waals surface area (Å²) in [6.07, 6.45) is 1.60. The predicted octanol–water partition coefficient (Wildman–Crippen LogP) is 3.44. The minimum atomic E-state index is -0.439. The first kappa shape index (κ1) is 15.2. The Morgan fingerprint density at radius 3 is 2.43 bits per heavy atom. The molecule has 0 bridgehead atoms. The van der Waals surface area contributed by atoms with Crippen molar-refractivity contribution in [1.82, 2.24) is 0 Å². The summed E-state index contributed by atoms with van der Waals surface area (Å²) < 4.78 is 0. The third kappa shape index (κ3) is 4.39. The molecule has 4 nitrogen and oxygen atoms in total. The van der Waals surface area contributed by atoms with E-state index in [1.54, 1.807) is 12.1 Å². The number of aryl methyl sites for hydroxylation is 2. The molecule has 2 aromatic rings. The van der Waals surface area contributed by atoms with Crippen LogP contribution in [0.15, 0.2) is 48.5 Å². The topological polar surface area (TPSA) is 63.4 Å². The average molecular weight is 285 g/mol. The van der Waals surface area contributed by atoms with E-state index in [4.69, 9.17) is 0 Å².